The highest BCUT2D eigenvalue weighted by molar-refractivity contribution is 5.83. The molecule has 3 heteroatoms. The van der Waals surface area contributed by atoms with Gasteiger partial charge in [0.05, 0.1) is 6.04 Å². The minimum atomic E-state index is 0.124. The summed E-state index contributed by atoms with van der Waals surface area (Å²) >= 11 is 0. The molecule has 0 bridgehead atoms. The Bertz CT molecular complexity index is 886. The van der Waals surface area contributed by atoms with Crippen molar-refractivity contribution in [2.75, 3.05) is 11.9 Å². The number of fused-ring (bicyclic) bond motifs is 1. The van der Waals surface area contributed by atoms with Gasteiger partial charge in [0.1, 0.15) is 0 Å². The molecule has 1 atom stereocenters. The molecule has 1 aliphatic rings. The first-order valence-electron chi connectivity index (χ1n) is 8.86. The predicted molar refractivity (Wildman–Crippen MR) is 103 cm³/mol. The molecule has 3 aromatic carbocycles. The summed E-state index contributed by atoms with van der Waals surface area (Å²) < 4.78 is 0. The van der Waals surface area contributed by atoms with Gasteiger partial charge in [-0.1, -0.05) is 48.5 Å². The molecule has 1 amide bonds. The van der Waals surface area contributed by atoms with Crippen LogP contribution in [0.3, 0.4) is 0 Å². The second kappa shape index (κ2) is 7.08. The molecule has 25 heavy (non-hydrogen) atoms. The number of carbonyl (C=O) groups is 1. The van der Waals surface area contributed by atoms with Crippen LogP contribution in [-0.2, 0) is 4.79 Å². The zero-order valence-corrected chi connectivity index (χ0v) is 14.1. The maximum absolute atomic E-state index is 10.8. The molecule has 1 aliphatic carbocycles. The number of anilines is 1. The summed E-state index contributed by atoms with van der Waals surface area (Å²) in [4.78, 5) is 10.8. The predicted octanol–water partition coefficient (Wildman–Crippen LogP) is 4.50. The normalized spacial score (nSPS) is 15.0. The Morgan fingerprint density at radius 3 is 2.52 bits per heavy atom. The molecular formula is C22H22N2O. The van der Waals surface area contributed by atoms with Gasteiger partial charge in [-0.15, -0.1) is 0 Å². The van der Waals surface area contributed by atoms with E-state index in [1.807, 2.05) is 18.2 Å². The summed E-state index contributed by atoms with van der Waals surface area (Å²) in [5.41, 5.74) is 3.25. The van der Waals surface area contributed by atoms with E-state index in [-0.39, 0.29) is 6.04 Å². The zero-order chi connectivity index (χ0) is 17.1. The van der Waals surface area contributed by atoms with Crippen LogP contribution in [0.4, 0.5) is 5.69 Å². The molecule has 0 radical (unpaired) electrons. The Labute approximate surface area is 148 Å². The molecule has 0 spiro atoms. The Balaban J connectivity index is 1.70. The highest BCUT2D eigenvalue weighted by Gasteiger charge is 2.23. The maximum Gasteiger partial charge on any atom is 0.211 e. The molecule has 0 aliphatic heterocycles. The average Bonchev–Trinajstić information content (AvgIpc) is 3.47. The van der Waals surface area contributed by atoms with Gasteiger partial charge in [-0.25, -0.2) is 0 Å². The summed E-state index contributed by atoms with van der Waals surface area (Å²) in [5.74, 6) is 0.805. The van der Waals surface area contributed by atoms with Crippen LogP contribution in [0.15, 0.2) is 66.7 Å². The summed E-state index contributed by atoms with van der Waals surface area (Å²) in [5, 5.41) is 8.99. The van der Waals surface area contributed by atoms with Gasteiger partial charge in [0.25, 0.3) is 0 Å². The van der Waals surface area contributed by atoms with E-state index >= 15 is 0 Å². The lowest BCUT2D eigenvalue weighted by Crippen LogP contribution is -2.24. The molecular weight excluding hydrogens is 308 g/mol. The van der Waals surface area contributed by atoms with Gasteiger partial charge in [-0.2, -0.15) is 0 Å². The number of hydrogen-bond donors (Lipinski definition) is 2. The molecule has 0 saturated heterocycles. The van der Waals surface area contributed by atoms with Crippen molar-refractivity contribution in [2.45, 2.75) is 18.9 Å². The monoisotopic (exact) mass is 330 g/mol. The lowest BCUT2D eigenvalue weighted by Gasteiger charge is -2.21. The van der Waals surface area contributed by atoms with Crippen LogP contribution in [0.1, 0.15) is 30.0 Å². The summed E-state index contributed by atoms with van der Waals surface area (Å²) in [6.45, 7) is 1.03. The van der Waals surface area contributed by atoms with E-state index in [2.05, 4.69) is 59.2 Å². The van der Waals surface area contributed by atoms with E-state index in [4.69, 9.17) is 0 Å². The average molecular weight is 330 g/mol. The van der Waals surface area contributed by atoms with Crippen molar-refractivity contribution < 1.29 is 4.79 Å². The molecule has 3 aromatic rings. The van der Waals surface area contributed by atoms with Crippen molar-refractivity contribution in [3.63, 3.8) is 0 Å². The van der Waals surface area contributed by atoms with Gasteiger partial charge < -0.3 is 10.6 Å². The summed E-state index contributed by atoms with van der Waals surface area (Å²) in [6, 6.07) is 23.3. The fourth-order valence-electron chi connectivity index (χ4n) is 3.30. The molecule has 1 unspecified atom stereocenters. The number of amides is 1. The highest BCUT2D eigenvalue weighted by atomic mass is 16.1. The molecule has 126 valence electrons. The second-order valence-electron chi connectivity index (χ2n) is 6.78. The standard InChI is InChI=1S/C22H22N2O/c25-15-24-21-7-3-6-19(13-21)22(23-14-16-8-9-16)20-11-10-17-4-1-2-5-18(17)12-20/h1-7,10-13,15-16,22-23H,8-9,14H2,(H,24,25). The summed E-state index contributed by atoms with van der Waals surface area (Å²) in [7, 11) is 0. The van der Waals surface area contributed by atoms with Gasteiger partial charge in [-0.05, 0) is 65.4 Å². The molecule has 1 saturated carbocycles. The van der Waals surface area contributed by atoms with Crippen molar-refractivity contribution in [3.8, 4) is 0 Å². The Morgan fingerprint density at radius 1 is 0.920 bits per heavy atom. The minimum Gasteiger partial charge on any atom is -0.329 e. The van der Waals surface area contributed by atoms with Gasteiger partial charge >= 0.3 is 0 Å². The number of carbonyl (C=O) groups excluding carboxylic acids is 1. The van der Waals surface area contributed by atoms with Crippen molar-refractivity contribution in [1.29, 1.82) is 0 Å². The largest absolute Gasteiger partial charge is 0.329 e. The van der Waals surface area contributed by atoms with Gasteiger partial charge in [0, 0.05) is 5.69 Å². The zero-order valence-electron chi connectivity index (χ0n) is 14.1. The number of hydrogen-bond acceptors (Lipinski definition) is 2. The number of rotatable bonds is 7. The number of benzene rings is 3. The quantitative estimate of drug-likeness (QED) is 0.626. The minimum absolute atomic E-state index is 0.124. The molecule has 3 nitrogen and oxygen atoms in total. The third kappa shape index (κ3) is 3.72. The SMILES string of the molecule is O=CNc1cccc(C(NCC2CC2)c2ccc3ccccc3c2)c1. The van der Waals surface area contributed by atoms with Gasteiger partial charge in [0.2, 0.25) is 6.41 Å². The molecule has 1 fully saturated rings. The van der Waals surface area contributed by atoms with Gasteiger partial charge in [-0.3, -0.25) is 4.79 Å². The van der Waals surface area contributed by atoms with E-state index < -0.39 is 0 Å². The Hall–Kier alpha value is -2.65. The fourth-order valence-corrected chi connectivity index (χ4v) is 3.30. The van der Waals surface area contributed by atoms with Crippen LogP contribution in [0.5, 0.6) is 0 Å². The van der Waals surface area contributed by atoms with Crippen LogP contribution in [0, 0.1) is 5.92 Å². The van der Waals surface area contributed by atoms with Crippen molar-refractivity contribution >= 4 is 22.9 Å². The maximum atomic E-state index is 10.8. The van der Waals surface area contributed by atoms with E-state index in [9.17, 15) is 4.79 Å². The van der Waals surface area contributed by atoms with E-state index in [1.54, 1.807) is 0 Å². The van der Waals surface area contributed by atoms with Crippen molar-refractivity contribution in [2.24, 2.45) is 5.92 Å². The van der Waals surface area contributed by atoms with Crippen LogP contribution in [0.25, 0.3) is 10.8 Å². The summed E-state index contributed by atoms with van der Waals surface area (Å²) in [6.07, 6.45) is 3.37. The van der Waals surface area contributed by atoms with Crippen LogP contribution in [-0.4, -0.2) is 13.0 Å². The van der Waals surface area contributed by atoms with Crippen LogP contribution >= 0.6 is 0 Å². The van der Waals surface area contributed by atoms with Gasteiger partial charge in [0.15, 0.2) is 0 Å². The van der Waals surface area contributed by atoms with Crippen molar-refractivity contribution in [3.05, 3.63) is 77.9 Å². The first kappa shape index (κ1) is 15.9. The number of nitrogens with one attached hydrogen (secondary N) is 2. The smallest absolute Gasteiger partial charge is 0.211 e. The van der Waals surface area contributed by atoms with Crippen molar-refractivity contribution in [1.82, 2.24) is 5.32 Å². The lowest BCUT2D eigenvalue weighted by atomic mass is 9.95. The topological polar surface area (TPSA) is 41.1 Å². The van der Waals surface area contributed by atoms with E-state index in [0.29, 0.717) is 0 Å². The first-order valence-corrected chi connectivity index (χ1v) is 8.86. The van der Waals surface area contributed by atoms with E-state index in [0.717, 1.165) is 24.6 Å². The second-order valence-corrected chi connectivity index (χ2v) is 6.78. The first-order chi connectivity index (χ1) is 12.3. The molecule has 0 aromatic heterocycles. The molecule has 0 heterocycles. The third-order valence-electron chi connectivity index (χ3n) is 4.86. The fraction of sp³-hybridized carbons (Fsp3) is 0.227. The molecule has 4 rings (SSSR count). The van der Waals surface area contributed by atoms with Crippen LogP contribution in [0.2, 0.25) is 0 Å². The van der Waals surface area contributed by atoms with E-state index in [1.165, 1.54) is 34.7 Å². The van der Waals surface area contributed by atoms with Crippen LogP contribution < -0.4 is 10.6 Å². The lowest BCUT2D eigenvalue weighted by molar-refractivity contribution is -0.105. The Kier molecular flexibility index (Phi) is 4.49. The molecule has 2 N–H and O–H groups in total. The highest BCUT2D eigenvalue weighted by Crippen LogP contribution is 2.31. The Morgan fingerprint density at radius 2 is 1.72 bits per heavy atom. The third-order valence-corrected chi connectivity index (χ3v) is 4.86.